The third kappa shape index (κ3) is 4.08. The van der Waals surface area contributed by atoms with Crippen LogP contribution in [0.2, 0.25) is 5.02 Å². The van der Waals surface area contributed by atoms with E-state index in [-0.39, 0.29) is 17.0 Å². The predicted molar refractivity (Wildman–Crippen MR) is 80.2 cm³/mol. The molecule has 1 atom stereocenters. The number of hydrogen-bond acceptors (Lipinski definition) is 3. The maximum absolute atomic E-state index is 13.0. The number of carbonyl (C=O) groups is 1. The standard InChI is InChI=1S/C15H20ClFN2O2/c1-10(21-14-4-3-11(17)9-13(14)16)15(20)19(2)12-5-7-18-8-6-12/h3-4,9-10,12,18H,5-8H2,1-2H3/t10-/m1/s1. The summed E-state index contributed by atoms with van der Waals surface area (Å²) in [4.78, 5) is 14.1. The number of benzene rings is 1. The first-order valence-electron chi connectivity index (χ1n) is 7.08. The van der Waals surface area contributed by atoms with E-state index in [9.17, 15) is 9.18 Å². The lowest BCUT2D eigenvalue weighted by Gasteiger charge is -2.33. The monoisotopic (exact) mass is 314 g/mol. The highest BCUT2D eigenvalue weighted by atomic mass is 35.5. The average Bonchev–Trinajstić information content (AvgIpc) is 2.49. The van der Waals surface area contributed by atoms with Crippen LogP contribution in [0.15, 0.2) is 18.2 Å². The van der Waals surface area contributed by atoms with E-state index in [1.807, 2.05) is 0 Å². The Morgan fingerprint density at radius 2 is 2.14 bits per heavy atom. The molecule has 0 aromatic heterocycles. The SMILES string of the molecule is C[C@@H](Oc1ccc(F)cc1Cl)C(=O)N(C)C1CCNCC1. The van der Waals surface area contributed by atoms with E-state index >= 15 is 0 Å². The van der Waals surface area contributed by atoms with Crippen LogP contribution in [0.25, 0.3) is 0 Å². The molecule has 4 nitrogen and oxygen atoms in total. The molecule has 116 valence electrons. The molecule has 0 saturated carbocycles. The Kier molecular flexibility index (Phi) is 5.42. The van der Waals surface area contributed by atoms with Crippen molar-refractivity contribution in [2.75, 3.05) is 20.1 Å². The van der Waals surface area contributed by atoms with Gasteiger partial charge < -0.3 is 15.0 Å². The molecule has 0 aliphatic carbocycles. The molecule has 1 fully saturated rings. The Morgan fingerprint density at radius 1 is 1.48 bits per heavy atom. The highest BCUT2D eigenvalue weighted by molar-refractivity contribution is 6.32. The number of piperidine rings is 1. The largest absolute Gasteiger partial charge is 0.479 e. The second-order valence-electron chi connectivity index (χ2n) is 5.27. The predicted octanol–water partition coefficient (Wildman–Crippen LogP) is 2.46. The molecule has 21 heavy (non-hydrogen) atoms. The van der Waals surface area contributed by atoms with Crippen molar-refractivity contribution in [1.82, 2.24) is 10.2 Å². The normalized spacial score (nSPS) is 17.3. The topological polar surface area (TPSA) is 41.6 Å². The first kappa shape index (κ1) is 16.0. The number of nitrogens with one attached hydrogen (secondary N) is 1. The van der Waals surface area contributed by atoms with Gasteiger partial charge in [0.25, 0.3) is 5.91 Å². The number of amides is 1. The zero-order chi connectivity index (χ0) is 15.4. The van der Waals surface area contributed by atoms with Gasteiger partial charge in [0, 0.05) is 13.1 Å². The minimum Gasteiger partial charge on any atom is -0.479 e. The lowest BCUT2D eigenvalue weighted by atomic mass is 10.0. The van der Waals surface area contributed by atoms with Gasteiger partial charge in [-0.15, -0.1) is 0 Å². The summed E-state index contributed by atoms with van der Waals surface area (Å²) in [6.07, 6.45) is 1.21. The summed E-state index contributed by atoms with van der Waals surface area (Å²) in [6.45, 7) is 3.52. The molecule has 0 spiro atoms. The fourth-order valence-corrected chi connectivity index (χ4v) is 2.68. The molecule has 1 heterocycles. The Balaban J connectivity index is 1.98. The van der Waals surface area contributed by atoms with Crippen molar-refractivity contribution in [1.29, 1.82) is 0 Å². The van der Waals surface area contributed by atoms with Crippen molar-refractivity contribution in [3.63, 3.8) is 0 Å². The lowest BCUT2D eigenvalue weighted by Crippen LogP contribution is -2.48. The maximum Gasteiger partial charge on any atom is 0.263 e. The van der Waals surface area contributed by atoms with Crippen molar-refractivity contribution >= 4 is 17.5 Å². The zero-order valence-corrected chi connectivity index (χ0v) is 13.0. The molecule has 1 amide bonds. The van der Waals surface area contributed by atoms with Crippen LogP contribution < -0.4 is 10.1 Å². The Morgan fingerprint density at radius 3 is 2.76 bits per heavy atom. The maximum atomic E-state index is 13.0. The van der Waals surface area contributed by atoms with Crippen molar-refractivity contribution in [2.45, 2.75) is 31.9 Å². The quantitative estimate of drug-likeness (QED) is 0.928. The highest BCUT2D eigenvalue weighted by Gasteiger charge is 2.26. The summed E-state index contributed by atoms with van der Waals surface area (Å²) in [5.74, 6) is -0.210. The van der Waals surface area contributed by atoms with E-state index in [1.165, 1.54) is 18.2 Å². The molecule has 0 unspecified atom stereocenters. The van der Waals surface area contributed by atoms with Gasteiger partial charge in [0.15, 0.2) is 6.10 Å². The Labute approximate surface area is 129 Å². The second-order valence-corrected chi connectivity index (χ2v) is 5.67. The minimum atomic E-state index is -0.659. The van der Waals surface area contributed by atoms with Crippen molar-refractivity contribution in [3.8, 4) is 5.75 Å². The average molecular weight is 315 g/mol. The van der Waals surface area contributed by atoms with Crippen molar-refractivity contribution in [2.24, 2.45) is 0 Å². The smallest absolute Gasteiger partial charge is 0.263 e. The molecule has 1 N–H and O–H groups in total. The van der Waals surface area contributed by atoms with Crippen LogP contribution in [0.1, 0.15) is 19.8 Å². The minimum absolute atomic E-state index is 0.0951. The van der Waals surface area contributed by atoms with Gasteiger partial charge in [-0.2, -0.15) is 0 Å². The van der Waals surface area contributed by atoms with Crippen molar-refractivity contribution < 1.29 is 13.9 Å². The summed E-state index contributed by atoms with van der Waals surface area (Å²) < 4.78 is 18.6. The van der Waals surface area contributed by atoms with Gasteiger partial charge in [-0.1, -0.05) is 11.6 Å². The van der Waals surface area contributed by atoms with Crippen LogP contribution in [0.4, 0.5) is 4.39 Å². The van der Waals surface area contributed by atoms with Crippen LogP contribution in [0, 0.1) is 5.82 Å². The number of hydrogen-bond donors (Lipinski definition) is 1. The highest BCUT2D eigenvalue weighted by Crippen LogP contribution is 2.26. The van der Waals surface area contributed by atoms with Gasteiger partial charge in [-0.3, -0.25) is 4.79 Å². The van der Waals surface area contributed by atoms with Gasteiger partial charge in [-0.05, 0) is 51.1 Å². The van der Waals surface area contributed by atoms with Crippen LogP contribution in [-0.2, 0) is 4.79 Å². The number of rotatable bonds is 4. The molecule has 0 radical (unpaired) electrons. The third-order valence-electron chi connectivity index (χ3n) is 3.75. The zero-order valence-electron chi connectivity index (χ0n) is 12.2. The summed E-state index contributed by atoms with van der Waals surface area (Å²) in [5, 5.41) is 3.43. The molecule has 6 heteroatoms. The fraction of sp³-hybridized carbons (Fsp3) is 0.533. The number of ether oxygens (including phenoxy) is 1. The van der Waals surface area contributed by atoms with Gasteiger partial charge in [0.2, 0.25) is 0 Å². The Bertz CT molecular complexity index is 506. The van der Waals surface area contributed by atoms with E-state index in [4.69, 9.17) is 16.3 Å². The van der Waals surface area contributed by atoms with Crippen LogP contribution in [-0.4, -0.2) is 43.1 Å². The molecule has 1 saturated heterocycles. The molecule has 0 bridgehead atoms. The molecule has 2 rings (SSSR count). The van der Waals surface area contributed by atoms with E-state index in [1.54, 1.807) is 18.9 Å². The van der Waals surface area contributed by atoms with Crippen LogP contribution >= 0.6 is 11.6 Å². The molecule has 1 aliphatic rings. The third-order valence-corrected chi connectivity index (χ3v) is 4.04. The molecular formula is C15H20ClFN2O2. The van der Waals surface area contributed by atoms with E-state index in [0.29, 0.717) is 5.75 Å². The molecule has 1 aliphatic heterocycles. The van der Waals surface area contributed by atoms with Crippen molar-refractivity contribution in [3.05, 3.63) is 29.0 Å². The van der Waals surface area contributed by atoms with Crippen LogP contribution in [0.5, 0.6) is 5.75 Å². The summed E-state index contributed by atoms with van der Waals surface area (Å²) >= 11 is 5.91. The summed E-state index contributed by atoms with van der Waals surface area (Å²) in [6, 6.07) is 4.10. The van der Waals surface area contributed by atoms with E-state index < -0.39 is 11.9 Å². The van der Waals surface area contributed by atoms with Crippen LogP contribution in [0.3, 0.4) is 0 Å². The van der Waals surface area contributed by atoms with Gasteiger partial charge in [-0.25, -0.2) is 4.39 Å². The van der Waals surface area contributed by atoms with Gasteiger partial charge >= 0.3 is 0 Å². The molecule has 1 aromatic rings. The summed E-state index contributed by atoms with van der Waals surface area (Å²) in [5.41, 5.74) is 0. The number of nitrogens with zero attached hydrogens (tertiary/aromatic N) is 1. The second kappa shape index (κ2) is 7.09. The molecular weight excluding hydrogens is 295 g/mol. The Hall–Kier alpha value is -1.33. The fourth-order valence-electron chi connectivity index (χ4n) is 2.47. The number of carbonyl (C=O) groups excluding carboxylic acids is 1. The van der Waals surface area contributed by atoms with Gasteiger partial charge in [0.05, 0.1) is 5.02 Å². The van der Waals surface area contributed by atoms with Gasteiger partial charge in [0.1, 0.15) is 11.6 Å². The van der Waals surface area contributed by atoms with E-state index in [2.05, 4.69) is 5.32 Å². The first-order valence-corrected chi connectivity index (χ1v) is 7.46. The lowest BCUT2D eigenvalue weighted by molar-refractivity contribution is -0.139. The van der Waals surface area contributed by atoms with E-state index in [0.717, 1.165) is 25.9 Å². The summed E-state index contributed by atoms with van der Waals surface area (Å²) in [7, 11) is 1.80. The molecule has 1 aromatic carbocycles. The number of halogens is 2. The number of likely N-dealkylation sites (N-methyl/N-ethyl adjacent to an activating group) is 1. The first-order chi connectivity index (χ1) is 9.99.